The molecule has 1 fully saturated rings. The summed E-state index contributed by atoms with van der Waals surface area (Å²) in [6.45, 7) is 2.83. The van der Waals surface area contributed by atoms with E-state index in [0.29, 0.717) is 6.04 Å². The van der Waals surface area contributed by atoms with E-state index in [0.717, 1.165) is 13.0 Å². The molecule has 0 aromatic heterocycles. The van der Waals surface area contributed by atoms with Gasteiger partial charge in [0.2, 0.25) is 0 Å². The fourth-order valence-electron chi connectivity index (χ4n) is 1.25. The maximum absolute atomic E-state index is 7.12. The monoisotopic (exact) mass is 142 g/mol. The Morgan fingerprint density at radius 2 is 2.40 bits per heavy atom. The minimum atomic E-state index is 0.123. The third kappa shape index (κ3) is 1.07. The van der Waals surface area contributed by atoms with Crippen molar-refractivity contribution in [2.24, 2.45) is 11.5 Å². The van der Waals surface area contributed by atoms with Gasteiger partial charge in [-0.05, 0) is 13.3 Å². The first-order valence-electron chi connectivity index (χ1n) is 3.49. The minimum Gasteiger partial charge on any atom is -0.370 e. The van der Waals surface area contributed by atoms with Crippen LogP contribution in [0.4, 0.5) is 0 Å². The van der Waals surface area contributed by atoms with E-state index in [1.807, 2.05) is 11.8 Å². The summed E-state index contributed by atoms with van der Waals surface area (Å²) in [6, 6.07) is 0.426. The summed E-state index contributed by atoms with van der Waals surface area (Å²) in [5.41, 5.74) is 10.9. The van der Waals surface area contributed by atoms with Gasteiger partial charge in [0, 0.05) is 18.6 Å². The van der Waals surface area contributed by atoms with E-state index in [9.17, 15) is 0 Å². The molecule has 4 nitrogen and oxygen atoms in total. The van der Waals surface area contributed by atoms with E-state index >= 15 is 0 Å². The first kappa shape index (κ1) is 7.34. The van der Waals surface area contributed by atoms with Gasteiger partial charge in [-0.25, -0.2) is 0 Å². The summed E-state index contributed by atoms with van der Waals surface area (Å²) in [7, 11) is 0. The molecule has 0 aromatic rings. The zero-order valence-corrected chi connectivity index (χ0v) is 6.17. The fraction of sp³-hybridized carbons (Fsp3) is 0.833. The number of rotatable bonds is 1. The lowest BCUT2D eigenvalue weighted by Gasteiger charge is -2.43. The molecule has 1 saturated heterocycles. The van der Waals surface area contributed by atoms with Gasteiger partial charge in [0.25, 0.3) is 0 Å². The van der Waals surface area contributed by atoms with Crippen LogP contribution in [0.1, 0.15) is 13.3 Å². The average Bonchev–Trinajstić information content (AvgIpc) is 1.56. The topological polar surface area (TPSA) is 79.1 Å². The summed E-state index contributed by atoms with van der Waals surface area (Å²) in [5.74, 6) is 0.147. The first-order chi connectivity index (χ1) is 4.63. The normalized spacial score (nSPS) is 27.4. The molecule has 5 N–H and O–H groups in total. The molecule has 58 valence electrons. The fourth-order valence-corrected chi connectivity index (χ4v) is 1.25. The lowest BCUT2D eigenvalue weighted by molar-refractivity contribution is 0.158. The highest BCUT2D eigenvalue weighted by molar-refractivity contribution is 5.75. The van der Waals surface area contributed by atoms with E-state index in [1.54, 1.807) is 0 Å². The van der Waals surface area contributed by atoms with Crippen LogP contribution in [-0.2, 0) is 0 Å². The molecule has 1 aliphatic heterocycles. The Balaban J connectivity index is 2.43. The van der Waals surface area contributed by atoms with Crippen LogP contribution in [0.2, 0.25) is 0 Å². The van der Waals surface area contributed by atoms with Gasteiger partial charge in [0.05, 0.1) is 0 Å². The Labute approximate surface area is 60.7 Å². The Kier molecular flexibility index (Phi) is 1.80. The van der Waals surface area contributed by atoms with E-state index < -0.39 is 0 Å². The van der Waals surface area contributed by atoms with Gasteiger partial charge in [-0.15, -0.1) is 0 Å². The molecule has 2 unspecified atom stereocenters. The number of hydrogen-bond donors (Lipinski definition) is 3. The third-order valence-electron chi connectivity index (χ3n) is 1.98. The zero-order valence-electron chi connectivity index (χ0n) is 6.17. The minimum absolute atomic E-state index is 0.123. The Hall–Kier alpha value is -0.770. The van der Waals surface area contributed by atoms with Gasteiger partial charge in [-0.3, -0.25) is 5.41 Å². The lowest BCUT2D eigenvalue weighted by atomic mass is 9.97. The number of nitrogens with zero attached hydrogens (tertiary/aromatic N) is 1. The van der Waals surface area contributed by atoms with Gasteiger partial charge in [0.1, 0.15) is 0 Å². The molecule has 0 amide bonds. The van der Waals surface area contributed by atoms with Crippen LogP contribution < -0.4 is 11.5 Å². The van der Waals surface area contributed by atoms with Crippen LogP contribution in [0.25, 0.3) is 0 Å². The standard InChI is InChI=1S/C6H14N4/c1-4(7)5-2-3-10(5)6(8)9/h4-5H,2-3,7H2,1H3,(H3,8,9). The number of hydrogen-bond acceptors (Lipinski definition) is 2. The molecule has 1 heterocycles. The van der Waals surface area contributed by atoms with Crippen LogP contribution in [0, 0.1) is 5.41 Å². The predicted molar refractivity (Wildman–Crippen MR) is 40.7 cm³/mol. The quantitative estimate of drug-likeness (QED) is 0.334. The van der Waals surface area contributed by atoms with Gasteiger partial charge >= 0.3 is 0 Å². The summed E-state index contributed by atoms with van der Waals surface area (Å²) in [4.78, 5) is 1.82. The second kappa shape index (κ2) is 2.46. The highest BCUT2D eigenvalue weighted by atomic mass is 15.3. The average molecular weight is 142 g/mol. The van der Waals surface area contributed by atoms with Crippen molar-refractivity contribution < 1.29 is 0 Å². The van der Waals surface area contributed by atoms with E-state index in [1.165, 1.54) is 0 Å². The molecular formula is C6H14N4. The predicted octanol–water partition coefficient (Wildman–Crippen LogP) is -0.699. The van der Waals surface area contributed by atoms with Crippen LogP contribution in [0.5, 0.6) is 0 Å². The number of guanidine groups is 1. The van der Waals surface area contributed by atoms with Crippen molar-refractivity contribution in [2.75, 3.05) is 6.54 Å². The van der Waals surface area contributed by atoms with Crippen LogP contribution >= 0.6 is 0 Å². The Morgan fingerprint density at radius 1 is 1.80 bits per heavy atom. The molecule has 2 atom stereocenters. The van der Waals surface area contributed by atoms with Gasteiger partial charge in [0.15, 0.2) is 5.96 Å². The Bertz CT molecular complexity index is 143. The molecule has 1 rings (SSSR count). The number of likely N-dealkylation sites (tertiary alicyclic amines) is 1. The van der Waals surface area contributed by atoms with Crippen molar-refractivity contribution >= 4 is 5.96 Å². The van der Waals surface area contributed by atoms with Crippen molar-refractivity contribution in [3.05, 3.63) is 0 Å². The van der Waals surface area contributed by atoms with Crippen molar-refractivity contribution in [1.82, 2.24) is 4.90 Å². The van der Waals surface area contributed by atoms with Gasteiger partial charge in [-0.1, -0.05) is 0 Å². The number of nitrogens with two attached hydrogens (primary N) is 2. The molecule has 0 aromatic carbocycles. The summed E-state index contributed by atoms with van der Waals surface area (Å²) < 4.78 is 0. The molecule has 4 heteroatoms. The van der Waals surface area contributed by atoms with Crippen molar-refractivity contribution in [3.63, 3.8) is 0 Å². The highest BCUT2D eigenvalue weighted by Gasteiger charge is 2.31. The smallest absolute Gasteiger partial charge is 0.188 e. The molecule has 10 heavy (non-hydrogen) atoms. The second-order valence-corrected chi connectivity index (χ2v) is 2.79. The second-order valence-electron chi connectivity index (χ2n) is 2.79. The maximum Gasteiger partial charge on any atom is 0.188 e. The first-order valence-corrected chi connectivity index (χ1v) is 3.49. The zero-order chi connectivity index (χ0) is 7.72. The number of nitrogens with one attached hydrogen (secondary N) is 1. The largest absolute Gasteiger partial charge is 0.370 e. The summed E-state index contributed by atoms with van der Waals surface area (Å²) in [6.07, 6.45) is 1.07. The molecular weight excluding hydrogens is 128 g/mol. The summed E-state index contributed by atoms with van der Waals surface area (Å²) >= 11 is 0. The molecule has 0 bridgehead atoms. The van der Waals surface area contributed by atoms with Crippen molar-refractivity contribution in [1.29, 1.82) is 5.41 Å². The summed E-state index contributed by atoms with van der Waals surface area (Å²) in [5, 5.41) is 7.12. The van der Waals surface area contributed by atoms with Crippen molar-refractivity contribution in [3.8, 4) is 0 Å². The van der Waals surface area contributed by atoms with Gasteiger partial charge in [-0.2, -0.15) is 0 Å². The molecule has 0 aliphatic carbocycles. The Morgan fingerprint density at radius 3 is 2.50 bits per heavy atom. The van der Waals surface area contributed by atoms with Crippen molar-refractivity contribution in [2.45, 2.75) is 25.4 Å². The maximum atomic E-state index is 7.12. The van der Waals surface area contributed by atoms with E-state index in [-0.39, 0.29) is 12.0 Å². The van der Waals surface area contributed by atoms with Crippen LogP contribution in [0.15, 0.2) is 0 Å². The third-order valence-corrected chi connectivity index (χ3v) is 1.98. The van der Waals surface area contributed by atoms with E-state index in [2.05, 4.69) is 0 Å². The van der Waals surface area contributed by atoms with Crippen LogP contribution in [0.3, 0.4) is 0 Å². The molecule has 0 radical (unpaired) electrons. The lowest BCUT2D eigenvalue weighted by Crippen LogP contribution is -2.60. The molecule has 0 spiro atoms. The molecule has 1 aliphatic rings. The SMILES string of the molecule is CC(N)C1CCN1C(=N)N. The van der Waals surface area contributed by atoms with Gasteiger partial charge < -0.3 is 16.4 Å². The highest BCUT2D eigenvalue weighted by Crippen LogP contribution is 2.17. The van der Waals surface area contributed by atoms with E-state index in [4.69, 9.17) is 16.9 Å². The molecule has 0 saturated carbocycles. The van der Waals surface area contributed by atoms with Crippen LogP contribution in [-0.4, -0.2) is 29.5 Å².